The zero-order valence-corrected chi connectivity index (χ0v) is 19.9. The van der Waals surface area contributed by atoms with E-state index in [0.29, 0.717) is 36.8 Å². The van der Waals surface area contributed by atoms with E-state index < -0.39 is 28.5 Å². The minimum Gasteiger partial charge on any atom is -0.504 e. The molecule has 2 aliphatic rings. The van der Waals surface area contributed by atoms with Gasteiger partial charge in [0.1, 0.15) is 5.60 Å². The van der Waals surface area contributed by atoms with Crippen LogP contribution in [0.4, 0.5) is 0 Å². The van der Waals surface area contributed by atoms with Gasteiger partial charge in [0, 0.05) is 36.2 Å². The van der Waals surface area contributed by atoms with Crippen molar-refractivity contribution in [2.45, 2.75) is 43.4 Å². The van der Waals surface area contributed by atoms with Crippen molar-refractivity contribution in [2.24, 2.45) is 0 Å². The molecule has 11 heteroatoms. The molecule has 1 amide bonds. The summed E-state index contributed by atoms with van der Waals surface area (Å²) in [5.74, 6) is -0.333. The molecular formula is C22H26BrN3O7. The maximum absolute atomic E-state index is 13.1. The monoisotopic (exact) mass is 523 g/mol. The largest absolute Gasteiger partial charge is 0.504 e. The number of methoxy groups -OCH3 is 1. The van der Waals surface area contributed by atoms with E-state index in [9.17, 15) is 24.6 Å². The van der Waals surface area contributed by atoms with Crippen molar-refractivity contribution in [3.05, 3.63) is 55.3 Å². The number of halogens is 1. The molecular weight excluding hydrogens is 498 g/mol. The lowest BCUT2D eigenvalue weighted by atomic mass is 9.77. The SMILES string of the molecule is COc1cc(Br)cc(C(=O)N2CCC3(CC2)C[C@H](n2ccc(=O)[nH]c2=O)[C@@](C)(O)CO3)c1O. The molecule has 1 aromatic heterocycles. The van der Waals surface area contributed by atoms with Gasteiger partial charge in [0.05, 0.1) is 30.9 Å². The third kappa shape index (κ3) is 4.44. The van der Waals surface area contributed by atoms with Gasteiger partial charge in [0.2, 0.25) is 0 Å². The van der Waals surface area contributed by atoms with Crippen LogP contribution in [0.15, 0.2) is 38.5 Å². The summed E-state index contributed by atoms with van der Waals surface area (Å²) in [7, 11) is 1.42. The number of H-pyrrole nitrogens is 1. The number of hydrogen-bond acceptors (Lipinski definition) is 7. The van der Waals surface area contributed by atoms with Crippen molar-refractivity contribution in [1.82, 2.24) is 14.5 Å². The Bertz CT molecular complexity index is 1180. The number of phenols is 1. The van der Waals surface area contributed by atoms with Gasteiger partial charge in [-0.2, -0.15) is 0 Å². The lowest BCUT2D eigenvalue weighted by Gasteiger charge is -2.51. The Hall–Kier alpha value is -2.63. The normalized spacial score (nSPS) is 24.6. The molecule has 2 saturated heterocycles. The van der Waals surface area contributed by atoms with Crippen LogP contribution in [-0.2, 0) is 4.74 Å². The first kappa shape index (κ1) is 23.5. The first-order chi connectivity index (χ1) is 15.5. The Morgan fingerprint density at radius 1 is 1.30 bits per heavy atom. The van der Waals surface area contributed by atoms with Crippen LogP contribution in [0, 0.1) is 0 Å². The van der Waals surface area contributed by atoms with Crippen LogP contribution in [0.5, 0.6) is 11.5 Å². The summed E-state index contributed by atoms with van der Waals surface area (Å²) in [6.07, 6.45) is 2.73. The second kappa shape index (κ2) is 8.62. The van der Waals surface area contributed by atoms with Crippen LogP contribution in [0.2, 0.25) is 0 Å². The first-order valence-electron chi connectivity index (χ1n) is 10.6. The Kier molecular flexibility index (Phi) is 6.14. The van der Waals surface area contributed by atoms with E-state index in [1.165, 1.54) is 23.9 Å². The van der Waals surface area contributed by atoms with Crippen molar-refractivity contribution in [1.29, 1.82) is 0 Å². The molecule has 4 rings (SSSR count). The highest BCUT2D eigenvalue weighted by Crippen LogP contribution is 2.44. The van der Waals surface area contributed by atoms with E-state index >= 15 is 0 Å². The van der Waals surface area contributed by atoms with E-state index in [1.54, 1.807) is 24.0 Å². The predicted octanol–water partition coefficient (Wildman–Crippen LogP) is 1.40. The molecule has 2 aromatic rings. The summed E-state index contributed by atoms with van der Waals surface area (Å²) in [5, 5.41) is 21.3. The molecule has 1 spiro atoms. The summed E-state index contributed by atoms with van der Waals surface area (Å²) in [5.41, 5.74) is -2.88. The van der Waals surface area contributed by atoms with Crippen LogP contribution >= 0.6 is 15.9 Å². The molecule has 0 radical (unpaired) electrons. The first-order valence-corrected chi connectivity index (χ1v) is 11.4. The Labute approximate surface area is 197 Å². The van der Waals surface area contributed by atoms with Crippen molar-refractivity contribution in [2.75, 3.05) is 26.8 Å². The fraction of sp³-hybridized carbons (Fsp3) is 0.500. The molecule has 0 bridgehead atoms. The standard InChI is InChI=1S/C22H26BrN3O7/c1-21(31)12-33-22(11-16(21)26-6-3-17(27)24-20(26)30)4-7-25(8-5-22)19(29)14-9-13(23)10-15(32-2)18(14)28/h3,6,9-10,16,28,31H,4-5,7-8,11-12H2,1-2H3,(H,24,27,30)/t16-,21-/m0/s1. The summed E-state index contributed by atoms with van der Waals surface area (Å²) >= 11 is 3.33. The minimum absolute atomic E-state index is 0.0147. The topological polar surface area (TPSA) is 134 Å². The lowest BCUT2D eigenvalue weighted by Crippen LogP contribution is -2.58. The predicted molar refractivity (Wildman–Crippen MR) is 122 cm³/mol. The second-order valence-electron chi connectivity index (χ2n) is 8.86. The van der Waals surface area contributed by atoms with E-state index in [1.807, 2.05) is 0 Å². The number of carbonyl (C=O) groups excluding carboxylic acids is 1. The molecule has 0 saturated carbocycles. The number of aliphatic hydroxyl groups is 1. The number of rotatable bonds is 3. The quantitative estimate of drug-likeness (QED) is 0.553. The smallest absolute Gasteiger partial charge is 0.328 e. The van der Waals surface area contributed by atoms with Gasteiger partial charge < -0.3 is 24.6 Å². The molecule has 2 atom stereocenters. The van der Waals surface area contributed by atoms with E-state index in [-0.39, 0.29) is 29.6 Å². The number of carbonyl (C=O) groups is 1. The minimum atomic E-state index is -1.31. The fourth-order valence-corrected chi connectivity index (χ4v) is 5.06. The van der Waals surface area contributed by atoms with Gasteiger partial charge in [-0.15, -0.1) is 0 Å². The number of amides is 1. The van der Waals surface area contributed by atoms with E-state index in [2.05, 4.69) is 20.9 Å². The van der Waals surface area contributed by atoms with Gasteiger partial charge >= 0.3 is 5.69 Å². The highest BCUT2D eigenvalue weighted by atomic mass is 79.9. The molecule has 3 N–H and O–H groups in total. The van der Waals surface area contributed by atoms with Gasteiger partial charge in [-0.25, -0.2) is 4.79 Å². The third-order valence-electron chi connectivity index (χ3n) is 6.59. The van der Waals surface area contributed by atoms with Crippen molar-refractivity contribution >= 4 is 21.8 Å². The number of ether oxygens (including phenoxy) is 2. The van der Waals surface area contributed by atoms with Crippen molar-refractivity contribution < 1.29 is 24.5 Å². The molecule has 178 valence electrons. The molecule has 3 heterocycles. The Balaban J connectivity index is 1.53. The van der Waals surface area contributed by atoms with Crippen LogP contribution in [0.1, 0.15) is 42.6 Å². The number of phenolic OH excluding ortho intramolecular Hbond substituents is 1. The molecule has 0 unspecified atom stereocenters. The fourth-order valence-electron chi connectivity index (χ4n) is 4.63. The highest BCUT2D eigenvalue weighted by molar-refractivity contribution is 9.10. The number of hydrogen-bond donors (Lipinski definition) is 3. The average Bonchev–Trinajstić information content (AvgIpc) is 2.77. The highest BCUT2D eigenvalue weighted by Gasteiger charge is 2.49. The molecule has 10 nitrogen and oxygen atoms in total. The number of likely N-dealkylation sites (tertiary alicyclic amines) is 1. The van der Waals surface area contributed by atoms with Gasteiger partial charge in [0.15, 0.2) is 11.5 Å². The zero-order chi connectivity index (χ0) is 24.0. The Morgan fingerprint density at radius 2 is 2.00 bits per heavy atom. The van der Waals surface area contributed by atoms with Crippen LogP contribution in [0.25, 0.3) is 0 Å². The van der Waals surface area contributed by atoms with Crippen molar-refractivity contribution in [3.8, 4) is 11.5 Å². The average molecular weight is 524 g/mol. The van der Waals surface area contributed by atoms with Gasteiger partial charge in [-0.05, 0) is 31.9 Å². The molecule has 1 aromatic carbocycles. The number of piperidine rings is 1. The van der Waals surface area contributed by atoms with E-state index in [4.69, 9.17) is 9.47 Å². The van der Waals surface area contributed by atoms with Crippen LogP contribution in [-0.4, -0.2) is 68.6 Å². The molecule has 2 aliphatic heterocycles. The number of nitrogens with zero attached hydrogens (tertiary/aromatic N) is 2. The number of aromatic nitrogens is 2. The second-order valence-corrected chi connectivity index (χ2v) is 9.78. The lowest BCUT2D eigenvalue weighted by molar-refractivity contribution is -0.199. The Morgan fingerprint density at radius 3 is 2.64 bits per heavy atom. The van der Waals surface area contributed by atoms with Gasteiger partial charge in [0.25, 0.3) is 11.5 Å². The molecule has 33 heavy (non-hydrogen) atoms. The molecule has 2 fully saturated rings. The zero-order valence-electron chi connectivity index (χ0n) is 18.3. The summed E-state index contributed by atoms with van der Waals surface area (Å²) < 4.78 is 13.2. The third-order valence-corrected chi connectivity index (χ3v) is 7.05. The number of aromatic amines is 1. The number of benzene rings is 1. The van der Waals surface area contributed by atoms with Crippen molar-refractivity contribution in [3.63, 3.8) is 0 Å². The van der Waals surface area contributed by atoms with Crippen LogP contribution < -0.4 is 16.0 Å². The van der Waals surface area contributed by atoms with Crippen LogP contribution in [0.3, 0.4) is 0 Å². The van der Waals surface area contributed by atoms with Gasteiger partial charge in [-0.3, -0.25) is 19.1 Å². The maximum Gasteiger partial charge on any atom is 0.328 e. The van der Waals surface area contributed by atoms with Gasteiger partial charge in [-0.1, -0.05) is 15.9 Å². The molecule has 0 aliphatic carbocycles. The summed E-state index contributed by atoms with van der Waals surface area (Å²) in [6.45, 7) is 2.37. The maximum atomic E-state index is 13.1. The number of aromatic hydroxyl groups is 1. The number of nitrogens with one attached hydrogen (secondary N) is 1. The summed E-state index contributed by atoms with van der Waals surface area (Å²) in [6, 6.07) is 3.78. The van der Waals surface area contributed by atoms with E-state index in [0.717, 1.165) is 0 Å². The summed E-state index contributed by atoms with van der Waals surface area (Å²) in [4.78, 5) is 40.8.